The van der Waals surface area contributed by atoms with Crippen LogP contribution in [0.4, 0.5) is 22.7 Å². The van der Waals surface area contributed by atoms with E-state index in [9.17, 15) is 0 Å². The van der Waals surface area contributed by atoms with Gasteiger partial charge in [-0.3, -0.25) is 0 Å². The average molecular weight is 956 g/mol. The molecule has 0 amide bonds. The second-order valence-electron chi connectivity index (χ2n) is 11.8. The normalized spacial score (nSPS) is 10.6. The molecule has 0 aliphatic rings. The van der Waals surface area contributed by atoms with E-state index in [-0.39, 0.29) is 0 Å². The third kappa shape index (κ3) is 19.4. The van der Waals surface area contributed by atoms with Gasteiger partial charge in [0.25, 0.3) is 0 Å². The number of halogens is 4. The van der Waals surface area contributed by atoms with Gasteiger partial charge in [-0.05, 0) is 71.5 Å². The summed E-state index contributed by atoms with van der Waals surface area (Å²) in [6.45, 7) is 4.00. The molecule has 0 radical (unpaired) electrons. The van der Waals surface area contributed by atoms with E-state index in [1.807, 2.05) is 131 Å². The molecule has 0 aliphatic heterocycles. The fourth-order valence-electron chi connectivity index (χ4n) is 4.87. The summed E-state index contributed by atoms with van der Waals surface area (Å²) in [5.74, 6) is 12.0. The van der Waals surface area contributed by atoms with Gasteiger partial charge in [-0.2, -0.15) is 20.5 Å². The van der Waals surface area contributed by atoms with Crippen LogP contribution in [0.3, 0.4) is 0 Å². The van der Waals surface area contributed by atoms with Crippen LogP contribution in [0.1, 0.15) is 35.4 Å². The van der Waals surface area contributed by atoms with Crippen LogP contribution < -0.4 is 10.6 Å². The molecule has 18 heteroatoms. The molecule has 0 unspecified atom stereocenters. The minimum absolute atomic E-state index is 0.627. The molecule has 0 saturated carbocycles. The molecule has 2 aromatic heterocycles. The molecule has 6 aromatic rings. The van der Waals surface area contributed by atoms with Crippen LogP contribution in [0, 0.1) is 23.7 Å². The number of azo groups is 2. The van der Waals surface area contributed by atoms with Gasteiger partial charge in [0.15, 0.2) is 0 Å². The third-order valence-electron chi connectivity index (χ3n) is 7.51. The van der Waals surface area contributed by atoms with Gasteiger partial charge in [0.2, 0.25) is 0 Å². The first-order valence-electron chi connectivity index (χ1n) is 17.5. The molecule has 58 heavy (non-hydrogen) atoms. The van der Waals surface area contributed by atoms with E-state index in [4.69, 9.17) is 0 Å². The summed E-state index contributed by atoms with van der Waals surface area (Å²) >= 11 is 1.51. The van der Waals surface area contributed by atoms with Crippen molar-refractivity contribution in [2.24, 2.45) is 20.5 Å². The summed E-state index contributed by atoms with van der Waals surface area (Å²) in [4.78, 5) is 0. The van der Waals surface area contributed by atoms with Crippen molar-refractivity contribution in [3.8, 4) is 23.7 Å². The topological polar surface area (TPSA) is 135 Å². The Morgan fingerprint density at radius 2 is 0.845 bits per heavy atom. The molecule has 6 rings (SSSR count). The van der Waals surface area contributed by atoms with E-state index in [0.29, 0.717) is 39.0 Å². The van der Waals surface area contributed by atoms with Crippen molar-refractivity contribution in [1.82, 2.24) is 40.6 Å². The van der Waals surface area contributed by atoms with Gasteiger partial charge in [0, 0.05) is 39.0 Å². The van der Waals surface area contributed by atoms with E-state index < -0.39 is 0 Å². The van der Waals surface area contributed by atoms with Gasteiger partial charge in [-0.25, -0.2) is 9.36 Å². The molecule has 0 atom stereocenters. The molecular formula is C40H38Cl4Cu2N12. The van der Waals surface area contributed by atoms with Crippen LogP contribution in [-0.4, -0.2) is 43.1 Å². The fraction of sp³-hybridized carbons (Fsp3) is 0.200. The summed E-state index contributed by atoms with van der Waals surface area (Å²) in [5.41, 5.74) is 7.23. The van der Waals surface area contributed by atoms with E-state index in [1.165, 1.54) is 0 Å². The Labute approximate surface area is 367 Å². The predicted molar refractivity (Wildman–Crippen MR) is 224 cm³/mol. The number of hydrogen-bond acceptors (Lipinski definition) is 10. The van der Waals surface area contributed by atoms with E-state index >= 15 is 0 Å². The molecule has 2 N–H and O–H groups in total. The van der Waals surface area contributed by atoms with Gasteiger partial charge in [0.1, 0.15) is 0 Å². The molecule has 308 valence electrons. The maximum atomic E-state index is 4.67. The third-order valence-corrected chi connectivity index (χ3v) is 7.51. The Kier molecular flexibility index (Phi) is 23.1. The van der Waals surface area contributed by atoms with Gasteiger partial charge < -0.3 is 10.6 Å². The molecular weight excluding hydrogens is 917 g/mol. The summed E-state index contributed by atoms with van der Waals surface area (Å²) < 4.78 is 3.66. The van der Waals surface area contributed by atoms with E-state index in [1.54, 1.807) is 0 Å². The second-order valence-corrected chi connectivity index (χ2v) is 14.9. The van der Waals surface area contributed by atoms with Gasteiger partial charge in [0.05, 0.1) is 59.6 Å². The zero-order chi connectivity index (χ0) is 40.9. The monoisotopic (exact) mass is 952 g/mol. The standard InChI is InChI=1S/C40H38N12.4ClH.2Cu/c1(3-11-25-41-27-39-31-51(49-47-39)29-33-17-21-37(22-18-33)45-43-35-13-7-5-8-14-35)2-4-12-26-42-28-40-32-52(50-48-40)30-34-19-23-38(24-20-34)46-44-36-15-9-6-10-16-36;;;;;;/h5-10,13-24,31-32,41-42H,11-12,25-30H2;4*1H;;/q;;;;;2*+2/p-4. The molecule has 0 aliphatic carbocycles. The van der Waals surface area contributed by atoms with Gasteiger partial charge in [-0.15, -0.1) is 10.2 Å². The Hall–Kier alpha value is -4.40. The number of benzene rings is 4. The predicted octanol–water partition coefficient (Wildman–Crippen LogP) is 10.2. The Bertz CT molecular complexity index is 2060. The maximum absolute atomic E-state index is 4.67. The average Bonchev–Trinajstić information content (AvgIpc) is 3.91. The van der Waals surface area contributed by atoms with Crippen LogP contribution in [0.5, 0.6) is 0 Å². The summed E-state index contributed by atoms with van der Waals surface area (Å²) in [7, 11) is 18.7. The van der Waals surface area contributed by atoms with Crippen LogP contribution in [0.25, 0.3) is 0 Å². The second kappa shape index (κ2) is 28.9. The van der Waals surface area contributed by atoms with Crippen molar-refractivity contribution in [3.05, 3.63) is 144 Å². The molecule has 12 nitrogen and oxygen atoms in total. The van der Waals surface area contributed by atoms with Crippen molar-refractivity contribution in [1.29, 1.82) is 0 Å². The van der Waals surface area contributed by atoms with Crippen molar-refractivity contribution >= 4 is 63.1 Å². The van der Waals surface area contributed by atoms with Crippen molar-refractivity contribution in [2.75, 3.05) is 13.1 Å². The Balaban J connectivity index is 0.00000117. The molecule has 0 spiro atoms. The zero-order valence-electron chi connectivity index (χ0n) is 30.8. The first-order valence-corrected chi connectivity index (χ1v) is 22.7. The fourth-order valence-corrected chi connectivity index (χ4v) is 4.87. The van der Waals surface area contributed by atoms with E-state index in [2.05, 4.69) is 116 Å². The summed E-state index contributed by atoms with van der Waals surface area (Å²) in [6, 6.07) is 35.2. The van der Waals surface area contributed by atoms with Gasteiger partial charge in [-0.1, -0.05) is 82.9 Å². The van der Waals surface area contributed by atoms with Crippen LogP contribution in [-0.2, 0) is 52.4 Å². The van der Waals surface area contributed by atoms with Crippen LogP contribution in [0.15, 0.2) is 142 Å². The molecule has 0 bridgehead atoms. The summed E-state index contributed by atoms with van der Waals surface area (Å²) in [6.07, 6.45) is 5.31. The van der Waals surface area contributed by atoms with Crippen molar-refractivity contribution in [3.63, 3.8) is 0 Å². The van der Waals surface area contributed by atoms with Crippen molar-refractivity contribution < 1.29 is 26.3 Å². The van der Waals surface area contributed by atoms with Crippen LogP contribution >= 0.6 is 40.4 Å². The van der Waals surface area contributed by atoms with E-state index in [0.717, 1.165) is 84.6 Å². The Morgan fingerprint density at radius 1 is 0.500 bits per heavy atom. The number of nitrogens with zero attached hydrogens (tertiary/aromatic N) is 10. The quantitative estimate of drug-likeness (QED) is 0.0429. The Morgan fingerprint density at radius 3 is 1.21 bits per heavy atom. The number of nitrogens with one attached hydrogen (secondary N) is 2. The van der Waals surface area contributed by atoms with Gasteiger partial charge >= 0.3 is 66.7 Å². The number of aromatic nitrogens is 6. The number of hydrogen-bond donors (Lipinski definition) is 2. The SMILES string of the molecule is C(C#CCCNCc1cn(Cc2ccc(N=Nc3ccccc3)cc2)nn1)#CCCNCc1cn(Cc2ccc(N=Nc3ccccc3)cc2)nn1.[Cl][Cu][Cl].[Cl][Cu][Cl]. The van der Waals surface area contributed by atoms with Crippen LogP contribution in [0.2, 0.25) is 0 Å². The summed E-state index contributed by atoms with van der Waals surface area (Å²) in [5, 5.41) is 40.8. The first kappa shape index (κ1) is 46.3. The van der Waals surface area contributed by atoms with Crippen molar-refractivity contribution in [2.45, 2.75) is 39.0 Å². The minimum atomic E-state index is 0.627. The molecule has 2 heterocycles. The number of rotatable bonds is 16. The zero-order valence-corrected chi connectivity index (χ0v) is 35.7. The molecule has 4 aromatic carbocycles. The molecule has 0 saturated heterocycles. The molecule has 0 fully saturated rings. The first-order chi connectivity index (χ1) is 28.6.